The molecule has 2 aliphatic carbocycles. The van der Waals surface area contributed by atoms with Gasteiger partial charge in [-0.2, -0.15) is 0 Å². The number of hydrogen-bond acceptors (Lipinski definition) is 3. The first-order valence-corrected chi connectivity index (χ1v) is 9.25. The molecule has 0 spiro atoms. The zero-order valence-corrected chi connectivity index (χ0v) is 14.9. The highest BCUT2D eigenvalue weighted by atomic mass is 35.5. The predicted molar refractivity (Wildman–Crippen MR) is 94.0 cm³/mol. The van der Waals surface area contributed by atoms with E-state index in [0.717, 1.165) is 24.8 Å². The molecule has 4 atom stereocenters. The number of nitrogens with one attached hydrogen (secondary N) is 1. The summed E-state index contributed by atoms with van der Waals surface area (Å²) in [7, 11) is 0. The largest absolute Gasteiger partial charge is 0.326 e. The minimum absolute atomic E-state index is 0.0612. The van der Waals surface area contributed by atoms with Crippen LogP contribution in [-0.2, 0) is 14.4 Å². The van der Waals surface area contributed by atoms with E-state index in [1.807, 2.05) is 6.92 Å². The Balaban J connectivity index is 1.38. The Labute approximate surface area is 151 Å². The lowest BCUT2D eigenvalue weighted by molar-refractivity contribution is -0.140. The number of carbonyl (C=O) groups is 3. The van der Waals surface area contributed by atoms with Crippen LogP contribution in [0.4, 0.5) is 5.69 Å². The van der Waals surface area contributed by atoms with E-state index in [2.05, 4.69) is 5.32 Å². The Bertz CT molecular complexity index is 735. The zero-order chi connectivity index (χ0) is 17.7. The van der Waals surface area contributed by atoms with Gasteiger partial charge in [0.15, 0.2) is 0 Å². The number of hydrogen-bond donors (Lipinski definition) is 1. The Hall–Kier alpha value is -1.88. The lowest BCUT2D eigenvalue weighted by Crippen LogP contribution is -2.35. The maximum absolute atomic E-state index is 12.6. The molecule has 0 radical (unpaired) electrons. The van der Waals surface area contributed by atoms with Gasteiger partial charge in [0.25, 0.3) is 0 Å². The van der Waals surface area contributed by atoms with Gasteiger partial charge in [-0.15, -0.1) is 0 Å². The molecule has 3 fully saturated rings. The second-order valence-electron chi connectivity index (χ2n) is 7.42. The summed E-state index contributed by atoms with van der Waals surface area (Å²) in [5.74, 6) is 0.168. The summed E-state index contributed by atoms with van der Waals surface area (Å²) in [5, 5.41) is 3.40. The van der Waals surface area contributed by atoms with Crippen molar-refractivity contribution in [2.75, 3.05) is 11.9 Å². The molecule has 1 aromatic rings. The van der Waals surface area contributed by atoms with Gasteiger partial charge in [-0.25, -0.2) is 0 Å². The van der Waals surface area contributed by atoms with Gasteiger partial charge in [-0.05, 0) is 55.7 Å². The smallest absolute Gasteiger partial charge is 0.233 e. The SMILES string of the molecule is Cc1c(Cl)cccc1NC(=O)CCN1C(=O)[C@H]2[C@@H]3CC[C@@H](C3)[C@@H]2C1=O. The fraction of sp³-hybridized carbons (Fsp3) is 0.526. The van der Waals surface area contributed by atoms with E-state index in [9.17, 15) is 14.4 Å². The van der Waals surface area contributed by atoms with Crippen molar-refractivity contribution in [1.82, 2.24) is 4.90 Å². The van der Waals surface area contributed by atoms with Crippen molar-refractivity contribution in [3.05, 3.63) is 28.8 Å². The van der Waals surface area contributed by atoms with Crippen molar-refractivity contribution in [3.63, 3.8) is 0 Å². The molecule has 6 heteroatoms. The third-order valence-corrected chi connectivity index (χ3v) is 6.53. The maximum Gasteiger partial charge on any atom is 0.233 e. The number of imide groups is 1. The monoisotopic (exact) mass is 360 g/mol. The first-order chi connectivity index (χ1) is 12.0. The van der Waals surface area contributed by atoms with Gasteiger partial charge in [0.1, 0.15) is 0 Å². The van der Waals surface area contributed by atoms with Crippen LogP contribution in [-0.4, -0.2) is 29.2 Å². The predicted octanol–water partition coefficient (Wildman–Crippen LogP) is 3.01. The van der Waals surface area contributed by atoms with Crippen LogP contribution in [0.1, 0.15) is 31.2 Å². The highest BCUT2D eigenvalue weighted by molar-refractivity contribution is 6.31. The van der Waals surface area contributed by atoms with Crippen molar-refractivity contribution >= 4 is 35.0 Å². The summed E-state index contributed by atoms with van der Waals surface area (Å²) in [4.78, 5) is 38.8. The first kappa shape index (κ1) is 16.6. The number of amides is 3. The number of carbonyl (C=O) groups excluding carboxylic acids is 3. The summed E-state index contributed by atoms with van der Waals surface area (Å²) in [6, 6.07) is 5.32. The van der Waals surface area contributed by atoms with Gasteiger partial charge in [0, 0.05) is 23.7 Å². The van der Waals surface area contributed by atoms with E-state index in [1.165, 1.54) is 4.90 Å². The number of fused-ring (bicyclic) bond motifs is 5. The molecule has 25 heavy (non-hydrogen) atoms. The number of rotatable bonds is 4. The summed E-state index contributed by atoms with van der Waals surface area (Å²) in [6.07, 6.45) is 3.26. The third kappa shape index (κ3) is 2.65. The van der Waals surface area contributed by atoms with Gasteiger partial charge in [0.2, 0.25) is 17.7 Å². The summed E-state index contributed by atoms with van der Waals surface area (Å²) < 4.78 is 0. The Kier molecular flexibility index (Phi) is 4.07. The van der Waals surface area contributed by atoms with Crippen LogP contribution < -0.4 is 5.32 Å². The lowest BCUT2D eigenvalue weighted by Gasteiger charge is -2.19. The van der Waals surface area contributed by atoms with Crippen LogP contribution in [0, 0.1) is 30.6 Å². The normalized spacial score (nSPS) is 30.1. The van der Waals surface area contributed by atoms with Gasteiger partial charge in [-0.3, -0.25) is 19.3 Å². The van der Waals surface area contributed by atoms with Crippen molar-refractivity contribution in [2.24, 2.45) is 23.7 Å². The molecule has 2 saturated carbocycles. The van der Waals surface area contributed by atoms with Gasteiger partial charge < -0.3 is 5.32 Å². The van der Waals surface area contributed by atoms with Crippen molar-refractivity contribution in [2.45, 2.75) is 32.6 Å². The average Bonchev–Trinajstić information content (AvgIpc) is 3.25. The lowest BCUT2D eigenvalue weighted by atomic mass is 9.81. The maximum atomic E-state index is 12.6. The minimum Gasteiger partial charge on any atom is -0.326 e. The van der Waals surface area contributed by atoms with Crippen LogP contribution in [0.5, 0.6) is 0 Å². The minimum atomic E-state index is -0.217. The van der Waals surface area contributed by atoms with Gasteiger partial charge >= 0.3 is 0 Å². The van der Waals surface area contributed by atoms with Gasteiger partial charge in [-0.1, -0.05) is 17.7 Å². The molecule has 5 nitrogen and oxygen atoms in total. The van der Waals surface area contributed by atoms with E-state index < -0.39 is 0 Å². The molecule has 3 aliphatic rings. The number of anilines is 1. The van der Waals surface area contributed by atoms with Crippen molar-refractivity contribution in [1.29, 1.82) is 0 Å². The molecule has 2 bridgehead atoms. The van der Waals surface area contributed by atoms with E-state index in [4.69, 9.17) is 11.6 Å². The fourth-order valence-corrected chi connectivity index (χ4v) is 5.03. The molecule has 1 heterocycles. The molecule has 1 aromatic carbocycles. The zero-order valence-electron chi connectivity index (χ0n) is 14.1. The standard InChI is InChI=1S/C19H21ClN2O3/c1-10-13(20)3-2-4-14(10)21-15(23)7-8-22-18(24)16-11-5-6-12(9-11)17(16)19(22)25/h2-4,11-12,16-17H,5-9H2,1H3,(H,21,23)/t11-,12+,16-,17-/m0/s1. The van der Waals surface area contributed by atoms with E-state index >= 15 is 0 Å². The summed E-state index contributed by atoms with van der Waals surface area (Å²) >= 11 is 6.06. The second kappa shape index (κ2) is 6.13. The molecule has 3 amide bonds. The number of halogens is 1. The van der Waals surface area contributed by atoms with Crippen LogP contribution in [0.15, 0.2) is 18.2 Å². The highest BCUT2D eigenvalue weighted by Gasteiger charge is 2.60. The number of benzene rings is 1. The summed E-state index contributed by atoms with van der Waals surface area (Å²) in [6.45, 7) is 2.00. The molecule has 0 unspecified atom stereocenters. The van der Waals surface area contributed by atoms with Crippen LogP contribution in [0.3, 0.4) is 0 Å². The Morgan fingerprint density at radius 2 is 1.84 bits per heavy atom. The average molecular weight is 361 g/mol. The van der Waals surface area contributed by atoms with E-state index in [-0.39, 0.29) is 42.5 Å². The van der Waals surface area contributed by atoms with Crippen LogP contribution in [0.2, 0.25) is 5.02 Å². The Morgan fingerprint density at radius 3 is 2.48 bits per heavy atom. The highest BCUT2D eigenvalue weighted by Crippen LogP contribution is 2.56. The molecule has 4 rings (SSSR count). The fourth-order valence-electron chi connectivity index (χ4n) is 4.86. The van der Waals surface area contributed by atoms with Gasteiger partial charge in [0.05, 0.1) is 11.8 Å². The summed E-state index contributed by atoms with van der Waals surface area (Å²) in [5.41, 5.74) is 1.46. The van der Waals surface area contributed by atoms with E-state index in [1.54, 1.807) is 18.2 Å². The van der Waals surface area contributed by atoms with Crippen LogP contribution >= 0.6 is 11.6 Å². The topological polar surface area (TPSA) is 66.5 Å². The Morgan fingerprint density at radius 1 is 1.20 bits per heavy atom. The first-order valence-electron chi connectivity index (χ1n) is 8.87. The van der Waals surface area contributed by atoms with Crippen LogP contribution in [0.25, 0.3) is 0 Å². The molecular weight excluding hydrogens is 340 g/mol. The molecule has 132 valence electrons. The van der Waals surface area contributed by atoms with Crippen molar-refractivity contribution in [3.8, 4) is 0 Å². The molecule has 0 aromatic heterocycles. The van der Waals surface area contributed by atoms with Crippen molar-refractivity contribution < 1.29 is 14.4 Å². The quantitative estimate of drug-likeness (QED) is 0.839. The second-order valence-corrected chi connectivity index (χ2v) is 7.83. The van der Waals surface area contributed by atoms with E-state index in [0.29, 0.717) is 22.5 Å². The number of nitrogens with zero attached hydrogens (tertiary/aromatic N) is 1. The third-order valence-electron chi connectivity index (χ3n) is 6.12. The molecular formula is C19H21ClN2O3. The molecule has 1 saturated heterocycles. The molecule has 1 aliphatic heterocycles. The number of likely N-dealkylation sites (tertiary alicyclic amines) is 1. The molecule has 1 N–H and O–H groups in total.